The Hall–Kier alpha value is 1.29. The number of aliphatic carboxylic acids is 3. The minimum atomic E-state index is -1.45. The molecule has 0 amide bonds. The van der Waals surface area contributed by atoms with E-state index < -0.39 is 153 Å². The van der Waals surface area contributed by atoms with Crippen LogP contribution in [0.25, 0.3) is 0 Å². The Morgan fingerprint density at radius 3 is 2.18 bits per heavy atom. The van der Waals surface area contributed by atoms with Crippen LogP contribution in [-0.4, -0.2) is 105 Å². The summed E-state index contributed by atoms with van der Waals surface area (Å²) in [5.74, 6) is -1.76. The van der Waals surface area contributed by atoms with Crippen molar-refractivity contribution < 1.29 is 164 Å². The number of nitrogens with zero attached hydrogens (tertiary/aromatic N) is 6. The number of nitrogens with one attached hydrogen (secondary N) is 2. The van der Waals surface area contributed by atoms with E-state index in [1.165, 1.54) is 6.33 Å². The molecule has 2 unspecified atom stereocenters. The molecule has 14 nitrogen and oxygen atoms in total. The number of hydrogen-bond acceptors (Lipinski definition) is 9. The quantitative estimate of drug-likeness (QED) is 0.190. The van der Waals surface area contributed by atoms with Crippen LogP contribution in [0.5, 0.6) is 0 Å². The first-order valence-electron chi connectivity index (χ1n) is 12.1. The summed E-state index contributed by atoms with van der Waals surface area (Å²) in [6.45, 7) is 5.41. The molecule has 217 valence electrons. The van der Waals surface area contributed by atoms with Crippen LogP contribution < -0.4 is 5.32 Å². The molecule has 2 aromatic rings. The van der Waals surface area contributed by atoms with Gasteiger partial charge in [0.05, 0.1) is 0 Å². The molecule has 1 fully saturated rings. The summed E-state index contributed by atoms with van der Waals surface area (Å²) in [6, 6.07) is 5.39. The predicted molar refractivity (Wildman–Crippen MR) is 126 cm³/mol. The van der Waals surface area contributed by atoms with Crippen LogP contribution in [0.4, 0.5) is 0 Å². The fourth-order valence-electron chi connectivity index (χ4n) is 4.03. The molecule has 0 bridgehead atoms. The molecule has 39 heavy (non-hydrogen) atoms. The van der Waals surface area contributed by atoms with E-state index in [-0.39, 0.29) is 8.49 Å². The average molecular weight is 961 g/mol. The van der Waals surface area contributed by atoms with Crippen LogP contribution in [-0.2, 0) is 14.4 Å². The maximum absolute atomic E-state index is 11.8. The van der Waals surface area contributed by atoms with E-state index in [0.717, 1.165) is 12.2 Å². The van der Waals surface area contributed by atoms with E-state index in [4.69, 9.17) is 0 Å². The van der Waals surface area contributed by atoms with Crippen LogP contribution in [0.1, 0.15) is 17.6 Å². The number of quaternary nitrogens is 1. The van der Waals surface area contributed by atoms with Crippen molar-refractivity contribution >= 4 is 17.9 Å². The van der Waals surface area contributed by atoms with Crippen LogP contribution >= 0.6 is 0 Å². The van der Waals surface area contributed by atoms with Crippen molar-refractivity contribution in [2.45, 2.75) is 8.49 Å². The molecule has 17 heteroatoms. The van der Waals surface area contributed by atoms with Gasteiger partial charge in [-0.3, -0.25) is 0 Å². The Morgan fingerprint density at radius 2 is 1.59 bits per heavy atom. The summed E-state index contributed by atoms with van der Waals surface area (Å²) in [5.41, 5.74) is 0.796. The molecule has 2 atom stereocenters. The molecular formula is C22H33Eu3N8O6+. The number of rotatable bonds is 12. The van der Waals surface area contributed by atoms with Gasteiger partial charge in [-0.15, -0.1) is 0 Å². The first kappa shape index (κ1) is 34.8. The van der Waals surface area contributed by atoms with Crippen molar-refractivity contribution in [3.05, 3.63) is 42.2 Å². The first-order valence-corrected chi connectivity index (χ1v) is 20.5. The Labute approximate surface area is 304 Å². The molecule has 0 radical (unpaired) electrons. The molecular weight excluding hydrogens is 928 g/mol. The number of carboxylic acid groups (broad SMARTS) is 3. The number of carboxylic acids is 3. The van der Waals surface area contributed by atoms with Gasteiger partial charge in [-0.2, -0.15) is 0 Å². The molecule has 5 N–H and O–H groups in total. The SMILES string of the molecule is O=C(O)[CH2][Eu][N]1CCNCC[N+]([Eu][CH2]C(=O)O)(C(c2ccccn2)c2ncn[nH]2)CC[N]([Eu][CH2]C(=O)O)CC1. The van der Waals surface area contributed by atoms with Gasteiger partial charge in [0.15, 0.2) is 0 Å². The number of H-pyrrole nitrogens is 1. The molecule has 1 aliphatic rings. The molecule has 3 heterocycles. The number of aromatic nitrogens is 4. The number of pyridine rings is 1. The zero-order chi connectivity index (χ0) is 28.1. The van der Waals surface area contributed by atoms with E-state index in [0.29, 0.717) is 51.1 Å². The second-order valence-electron chi connectivity index (χ2n) is 8.41. The van der Waals surface area contributed by atoms with Crippen molar-refractivity contribution in [2.24, 2.45) is 0 Å². The molecule has 1 saturated heterocycles. The molecule has 3 rings (SSSR count). The van der Waals surface area contributed by atoms with E-state index in [1.807, 2.05) is 18.2 Å². The fraction of sp³-hybridized carbons (Fsp3) is 0.545. The van der Waals surface area contributed by atoms with Crippen LogP contribution in [0, 0.1) is 135 Å². The zero-order valence-electron chi connectivity index (χ0n) is 21.1. The van der Waals surface area contributed by atoms with E-state index in [1.54, 1.807) is 6.20 Å². The Bertz CT molecular complexity index is 1050. The van der Waals surface area contributed by atoms with Crippen LogP contribution in [0.15, 0.2) is 30.7 Å². The number of carbonyl (C=O) groups is 3. The van der Waals surface area contributed by atoms with Gasteiger partial charge in [-0.25, -0.2) is 0 Å². The average Bonchev–Trinajstić information content (AvgIpc) is 3.43. The maximum atomic E-state index is 11.8. The van der Waals surface area contributed by atoms with Crippen molar-refractivity contribution in [3.8, 4) is 0 Å². The van der Waals surface area contributed by atoms with Crippen LogP contribution in [0.2, 0.25) is 2.45 Å². The predicted octanol–water partition coefficient (Wildman–Crippen LogP) is -0.178. The van der Waals surface area contributed by atoms with Crippen LogP contribution in [0.3, 0.4) is 0 Å². The number of hydrogen-bond donors (Lipinski definition) is 5. The van der Waals surface area contributed by atoms with E-state index >= 15 is 0 Å². The molecule has 0 spiro atoms. The first-order chi connectivity index (χ1) is 18.8. The minimum absolute atomic E-state index is 0.111. The second kappa shape index (κ2) is 18.8. The third kappa shape index (κ3) is 12.4. The third-order valence-corrected chi connectivity index (χ3v) is 16.6. The molecule has 1 aliphatic heterocycles. The van der Waals surface area contributed by atoms with Gasteiger partial charge in [0, 0.05) is 0 Å². The topological polar surface area (TPSA) is 185 Å². The van der Waals surface area contributed by atoms with Crippen molar-refractivity contribution in [3.63, 3.8) is 0 Å². The standard InChI is InChI=1S/C16H24N8.3C2H3O2.3Eu/c1-2-4-20-14(3-1)15(16-21-13-22-23-16)24-11-9-18-7-5-17-6-8-19-10-12-24;3*1-2(3)4;;;/h1-4,13,15,18H,5-12H2,(H,21,22,23);3*1H2,(H,3,4);;;/q-2;;;;3*+1. The van der Waals surface area contributed by atoms with Gasteiger partial charge in [0.2, 0.25) is 0 Å². The summed E-state index contributed by atoms with van der Waals surface area (Å²) in [7, 11) is 0. The summed E-state index contributed by atoms with van der Waals surface area (Å²) in [5, 5.41) is 38.9. The zero-order valence-corrected chi connectivity index (χ0v) is 28.4. The summed E-state index contributed by atoms with van der Waals surface area (Å²) < 4.78 is 5.52. The number of aromatic amines is 1. The Morgan fingerprint density at radius 1 is 0.897 bits per heavy atom. The Kier molecular flexibility index (Phi) is 16.8. The van der Waals surface area contributed by atoms with Gasteiger partial charge in [-0.1, -0.05) is 0 Å². The van der Waals surface area contributed by atoms with Gasteiger partial charge in [-0.05, 0) is 0 Å². The third-order valence-electron chi connectivity index (χ3n) is 5.71. The summed E-state index contributed by atoms with van der Waals surface area (Å²) >= 11 is -3.80. The molecule has 0 saturated carbocycles. The van der Waals surface area contributed by atoms with Crippen molar-refractivity contribution in [2.75, 3.05) is 52.4 Å². The summed E-state index contributed by atoms with van der Waals surface area (Å²) in [4.78, 5) is 43.6. The van der Waals surface area contributed by atoms with E-state index in [9.17, 15) is 29.7 Å². The van der Waals surface area contributed by atoms with Crippen molar-refractivity contribution in [1.29, 1.82) is 0 Å². The molecule has 0 aliphatic carbocycles. The van der Waals surface area contributed by atoms with Gasteiger partial charge >= 0.3 is 311 Å². The second-order valence-corrected chi connectivity index (χ2v) is 18.5. The normalized spacial score (nSPS) is 20.9. The molecule has 2 aromatic heterocycles. The Balaban J connectivity index is 1.95. The van der Waals surface area contributed by atoms with E-state index in [2.05, 4.69) is 25.2 Å². The van der Waals surface area contributed by atoms with Crippen molar-refractivity contribution in [1.82, 2.24) is 25.2 Å². The summed E-state index contributed by atoms with van der Waals surface area (Å²) in [6.07, 6.45) is 3.19. The fourth-order valence-corrected chi connectivity index (χ4v) is 11.7. The van der Waals surface area contributed by atoms with Gasteiger partial charge in [0.1, 0.15) is 0 Å². The molecule has 0 aromatic carbocycles. The van der Waals surface area contributed by atoms with Gasteiger partial charge < -0.3 is 0 Å². The van der Waals surface area contributed by atoms with Gasteiger partial charge in [0.25, 0.3) is 0 Å². The monoisotopic (exact) mass is 964 g/mol.